The lowest BCUT2D eigenvalue weighted by Crippen LogP contribution is -2.53. The molecule has 6 aromatic rings. The van der Waals surface area contributed by atoms with Crippen molar-refractivity contribution in [1.29, 1.82) is 0 Å². The van der Waals surface area contributed by atoms with Crippen LogP contribution in [0.4, 0.5) is 43.9 Å². The van der Waals surface area contributed by atoms with Crippen LogP contribution in [0, 0.1) is 58.9 Å². The molecule has 608 valence electrons. The molecule has 3 amide bonds. The van der Waals surface area contributed by atoms with Crippen molar-refractivity contribution >= 4 is 25.8 Å². The van der Waals surface area contributed by atoms with Crippen molar-refractivity contribution in [3.63, 3.8) is 0 Å². The molecule has 4 saturated carbocycles. The molecule has 32 heteroatoms. The van der Waals surface area contributed by atoms with Crippen molar-refractivity contribution in [1.82, 2.24) is 29.7 Å². The summed E-state index contributed by atoms with van der Waals surface area (Å²) in [6, 6.07) is 28.7. The van der Waals surface area contributed by atoms with Gasteiger partial charge in [0, 0.05) is 62.6 Å². The minimum atomic E-state index is -3.92. The smallest absolute Gasteiger partial charge is 0.360 e. The van der Waals surface area contributed by atoms with E-state index in [2.05, 4.69) is 27.1 Å². The summed E-state index contributed by atoms with van der Waals surface area (Å²) in [5.74, 6) is -10.3. The number of nitrogens with zero attached hydrogens (tertiary/aromatic N) is 6. The Morgan fingerprint density at radius 1 is 0.460 bits per heavy atom. The Morgan fingerprint density at radius 3 is 1.03 bits per heavy atom. The number of pyridine rings is 3. The molecule has 0 spiro atoms. The second-order valence-electron chi connectivity index (χ2n) is 31.5. The SMILES string of the molecule is COc1nc(C(=O)N2CC[C@]3(c4cccc(F)c4)OCO[C@@H]3C2)ccc1OCC1CC2C(C1)C2(F)F.COc1nc(C(=O)N2CC[C@]3(c4cccc(F)c4)OCO[C@@H]3C2)ccc1OCC1CC=CC1.COc1nc(C(=O)N2CC[C@]3(c4cccc(F)c4)OCO[C@@H]3C2)ccc1OCC1C[C@@H]2[C@H](C1)C2(F)F.C[Si](C)(C)C(F)(F)F. The first-order chi connectivity index (χ1) is 54.0. The number of methoxy groups -OCH3 is 3. The Bertz CT molecular complexity index is 4260. The Labute approximate surface area is 647 Å². The van der Waals surface area contributed by atoms with Gasteiger partial charge in [0.2, 0.25) is 0 Å². The summed E-state index contributed by atoms with van der Waals surface area (Å²) < 4.78 is 199. The molecule has 10 fully saturated rings. The van der Waals surface area contributed by atoms with Crippen LogP contribution in [-0.2, 0) is 45.2 Å². The summed E-state index contributed by atoms with van der Waals surface area (Å²) in [5, 5.41) is 0. The standard InChI is InChI=1S/2C26H27F3N2O5.C25H27FN2O5.C4H9F3Si/c2*1-33-23-21(34-13-15-9-18-19(10-15)26(18,28)29)6-5-20(30-23)24(32)31-8-7-25(22(12-31)35-14-36-25)16-3-2-4-17(27)11-16;1-30-23-21(31-15-17-5-2-3-6-17)10-9-20(27-23)24(29)28-12-11-25(22(14-28)32-16-33-25)18-7-4-8-19(26)13-18;1-8(2,3)4(5,6)7/h2*2-6,11,15,18-19,22H,7-10,12-14H2,1H3;2-4,7-10,13,17,22H,5-6,11-12,14-16H2,1H3;1-3H3/t15?,18?,19?,22-,25-;15?,18-,19+,22-,25-;22-,25-;/m111./s1. The second kappa shape index (κ2) is 32.6. The number of carbonyl (C=O) groups is 3. The van der Waals surface area contributed by atoms with E-state index >= 15 is 0 Å². The number of benzene rings is 3. The molecule has 3 unspecified atom stereocenters. The van der Waals surface area contributed by atoms with Crippen LogP contribution in [0.3, 0.4) is 0 Å². The van der Waals surface area contributed by atoms with Crippen LogP contribution in [0.15, 0.2) is 121 Å². The minimum Gasteiger partial charge on any atom is -0.488 e. The third kappa shape index (κ3) is 16.7. The van der Waals surface area contributed by atoms with Crippen LogP contribution in [-0.4, -0.2) is 192 Å². The number of carbonyl (C=O) groups excluding carboxylic acids is 3. The lowest BCUT2D eigenvalue weighted by atomic mass is 9.82. The van der Waals surface area contributed by atoms with Gasteiger partial charge >= 0.3 is 5.80 Å². The number of ether oxygens (including phenoxy) is 12. The van der Waals surface area contributed by atoms with Gasteiger partial charge in [0.15, 0.2) is 25.3 Å². The number of alkyl halides is 7. The number of likely N-dealkylation sites (tertiary alicyclic amines) is 3. The topological polar surface area (TPSA) is 210 Å². The number of hydrogen-bond acceptors (Lipinski definition) is 18. The molecule has 11 aliphatic rings. The summed E-state index contributed by atoms with van der Waals surface area (Å²) in [5.41, 5.74) is 0.435. The molecular weight excluding hydrogens is 1510 g/mol. The van der Waals surface area contributed by atoms with Crippen molar-refractivity contribution in [2.24, 2.45) is 41.4 Å². The molecule has 21 nitrogen and oxygen atoms in total. The molecule has 0 N–H and O–H groups in total. The van der Waals surface area contributed by atoms with Crippen molar-refractivity contribution in [2.75, 3.05) is 101 Å². The van der Waals surface area contributed by atoms with Gasteiger partial charge in [-0.3, -0.25) is 14.4 Å². The molecule has 3 aromatic carbocycles. The first kappa shape index (κ1) is 80.9. The van der Waals surface area contributed by atoms with Crippen molar-refractivity contribution in [3.05, 3.63) is 173 Å². The van der Waals surface area contributed by atoms with E-state index in [1.54, 1.807) is 69.3 Å². The predicted molar refractivity (Wildman–Crippen MR) is 388 cm³/mol. The van der Waals surface area contributed by atoms with Gasteiger partial charge in [-0.15, -0.1) is 0 Å². The van der Waals surface area contributed by atoms with E-state index in [9.17, 15) is 58.3 Å². The molecule has 17 rings (SSSR count). The molecular formula is C81H90F10N6O15Si. The highest BCUT2D eigenvalue weighted by Crippen LogP contribution is 2.67. The molecule has 6 saturated heterocycles. The summed E-state index contributed by atoms with van der Waals surface area (Å²) in [4.78, 5) is 57.9. The number of allylic oxidation sites excluding steroid dienone is 2. The monoisotopic (exact) mass is 1600 g/mol. The van der Waals surface area contributed by atoms with E-state index in [1.807, 2.05) is 18.2 Å². The molecule has 3 aromatic heterocycles. The molecule has 6 aliphatic heterocycles. The second-order valence-corrected chi connectivity index (χ2v) is 36.6. The molecule has 113 heavy (non-hydrogen) atoms. The van der Waals surface area contributed by atoms with Crippen LogP contribution in [0.2, 0.25) is 19.6 Å². The number of amides is 3. The quantitative estimate of drug-likeness (QED) is 0.0445. The van der Waals surface area contributed by atoms with Crippen LogP contribution in [0.25, 0.3) is 0 Å². The van der Waals surface area contributed by atoms with E-state index in [1.165, 1.54) is 77.4 Å². The predicted octanol–water partition coefficient (Wildman–Crippen LogP) is 14.1. The van der Waals surface area contributed by atoms with Gasteiger partial charge in [-0.1, -0.05) is 68.2 Å². The zero-order chi connectivity index (χ0) is 80.0. The van der Waals surface area contributed by atoms with Crippen molar-refractivity contribution in [2.45, 2.75) is 130 Å². The van der Waals surface area contributed by atoms with Crippen molar-refractivity contribution < 1.29 is 115 Å². The van der Waals surface area contributed by atoms with E-state index in [0.717, 1.165) is 18.4 Å². The van der Waals surface area contributed by atoms with Crippen LogP contribution < -0.4 is 28.4 Å². The summed E-state index contributed by atoms with van der Waals surface area (Å²) in [6.07, 6.45) is 8.31. The number of aromatic nitrogens is 3. The van der Waals surface area contributed by atoms with E-state index in [-0.39, 0.29) is 115 Å². The third-order valence-corrected chi connectivity index (χ3v) is 25.4. The van der Waals surface area contributed by atoms with E-state index in [4.69, 9.17) is 56.8 Å². The number of rotatable bonds is 18. The minimum absolute atomic E-state index is 0.0709. The van der Waals surface area contributed by atoms with Gasteiger partial charge in [-0.25, -0.2) is 45.7 Å². The fourth-order valence-electron chi connectivity index (χ4n) is 16.9. The average Bonchev–Trinajstić information content (AvgIpc) is 1.56. The van der Waals surface area contributed by atoms with Gasteiger partial charge in [0.25, 0.3) is 47.2 Å². The summed E-state index contributed by atoms with van der Waals surface area (Å²) in [6.45, 7) is 7.36. The normalized spacial score (nSPS) is 28.6. The maximum atomic E-state index is 13.9. The third-order valence-electron chi connectivity index (χ3n) is 23.7. The van der Waals surface area contributed by atoms with Gasteiger partial charge in [0.1, 0.15) is 90.0 Å². The van der Waals surface area contributed by atoms with Crippen LogP contribution in [0.5, 0.6) is 34.9 Å². The fraction of sp³-hybridized carbons (Fsp3) is 0.531. The Morgan fingerprint density at radius 2 is 0.752 bits per heavy atom. The highest BCUT2D eigenvalue weighted by Gasteiger charge is 2.72. The largest absolute Gasteiger partial charge is 0.488 e. The average molecular weight is 1610 g/mol. The van der Waals surface area contributed by atoms with Crippen LogP contribution in [0.1, 0.15) is 106 Å². The number of hydrogen-bond donors (Lipinski definition) is 0. The number of piperidine rings is 3. The summed E-state index contributed by atoms with van der Waals surface area (Å²) in [7, 11) is 1.53. The lowest BCUT2D eigenvalue weighted by molar-refractivity contribution is -0.0553. The fourth-order valence-corrected chi connectivity index (χ4v) is 16.9. The molecule has 9 heterocycles. The number of fused-ring (bicyclic) bond motifs is 5. The van der Waals surface area contributed by atoms with E-state index in [0.29, 0.717) is 131 Å². The first-order valence-corrected chi connectivity index (χ1v) is 41.4. The van der Waals surface area contributed by atoms with Crippen LogP contribution >= 0.6 is 0 Å². The van der Waals surface area contributed by atoms with Gasteiger partial charge < -0.3 is 71.5 Å². The maximum absolute atomic E-state index is 13.9. The molecule has 0 radical (unpaired) electrons. The van der Waals surface area contributed by atoms with Crippen molar-refractivity contribution in [3.8, 4) is 34.9 Å². The molecule has 11 atom stereocenters. The van der Waals surface area contributed by atoms with Gasteiger partial charge in [-0.2, -0.15) is 13.2 Å². The molecule has 5 aliphatic carbocycles. The first-order valence-electron chi connectivity index (χ1n) is 37.9. The van der Waals surface area contributed by atoms with E-state index < -0.39 is 78.4 Å². The summed E-state index contributed by atoms with van der Waals surface area (Å²) >= 11 is 0. The number of halogens is 10. The lowest BCUT2D eigenvalue weighted by Gasteiger charge is -2.41. The Hall–Kier alpha value is -8.66. The van der Waals surface area contributed by atoms with Gasteiger partial charge in [0.05, 0.1) is 60.8 Å². The highest BCUT2D eigenvalue weighted by atomic mass is 28.3. The zero-order valence-electron chi connectivity index (χ0n) is 63.3. The Kier molecular flexibility index (Phi) is 23.3. The molecule has 0 bridgehead atoms. The maximum Gasteiger partial charge on any atom is 0.360 e. The highest BCUT2D eigenvalue weighted by molar-refractivity contribution is 6.78. The Balaban J connectivity index is 0.000000134. The zero-order valence-corrected chi connectivity index (χ0v) is 64.3. The van der Waals surface area contributed by atoms with Gasteiger partial charge in [-0.05, 0) is 146 Å².